The molecule has 1 heterocycles. The number of alkyl halides is 2. The van der Waals surface area contributed by atoms with Crippen molar-refractivity contribution in [2.45, 2.75) is 25.4 Å². The molecule has 2 unspecified atom stereocenters. The highest BCUT2D eigenvalue weighted by Gasteiger charge is 2.26. The van der Waals surface area contributed by atoms with Gasteiger partial charge in [-0.05, 0) is 6.92 Å². The Bertz CT molecular complexity index is 326. The van der Waals surface area contributed by atoms with E-state index in [2.05, 4.69) is 5.10 Å². The van der Waals surface area contributed by atoms with Gasteiger partial charge in [-0.3, -0.25) is 4.68 Å². The first-order valence-electron chi connectivity index (χ1n) is 4.57. The summed E-state index contributed by atoms with van der Waals surface area (Å²) in [4.78, 5) is 0. The van der Waals surface area contributed by atoms with Crippen LogP contribution in [0.2, 0.25) is 0 Å². The summed E-state index contributed by atoms with van der Waals surface area (Å²) in [7, 11) is 1.52. The van der Waals surface area contributed by atoms with E-state index in [1.165, 1.54) is 24.9 Å². The van der Waals surface area contributed by atoms with Crippen LogP contribution in [-0.4, -0.2) is 32.7 Å². The summed E-state index contributed by atoms with van der Waals surface area (Å²) in [6.45, 7) is 1.06. The molecule has 1 aromatic rings. The van der Waals surface area contributed by atoms with Crippen LogP contribution in [0.4, 0.5) is 8.78 Å². The van der Waals surface area contributed by atoms with Crippen LogP contribution < -0.4 is 0 Å². The third-order valence-corrected chi connectivity index (χ3v) is 2.27. The molecule has 0 saturated carbocycles. The van der Waals surface area contributed by atoms with Crippen LogP contribution in [0.3, 0.4) is 0 Å². The van der Waals surface area contributed by atoms with E-state index in [0.29, 0.717) is 0 Å². The van der Waals surface area contributed by atoms with E-state index in [9.17, 15) is 13.9 Å². The fourth-order valence-corrected chi connectivity index (χ4v) is 1.49. The Morgan fingerprint density at radius 1 is 1.53 bits per heavy atom. The van der Waals surface area contributed by atoms with Gasteiger partial charge in [-0.2, -0.15) is 5.10 Å². The van der Waals surface area contributed by atoms with Crippen molar-refractivity contribution in [2.75, 3.05) is 6.61 Å². The number of nitrogens with zero attached hydrogens (tertiary/aromatic N) is 2. The topological polar surface area (TPSA) is 58.3 Å². The molecule has 0 aliphatic rings. The zero-order chi connectivity index (χ0) is 11.6. The number of hydrogen-bond donors (Lipinski definition) is 2. The average molecular weight is 220 g/mol. The molecule has 0 spiro atoms. The SMILES string of the molecule is CC(O)C(CO)c1cn(C)nc1C(F)F. The fourth-order valence-electron chi connectivity index (χ4n) is 1.49. The second-order valence-electron chi connectivity index (χ2n) is 3.47. The fraction of sp³-hybridized carbons (Fsp3) is 0.667. The van der Waals surface area contributed by atoms with E-state index in [1.807, 2.05) is 0 Å². The summed E-state index contributed by atoms with van der Waals surface area (Å²) in [6, 6.07) is 0. The van der Waals surface area contributed by atoms with Gasteiger partial charge in [-0.15, -0.1) is 0 Å². The van der Waals surface area contributed by atoms with Crippen LogP contribution in [0.25, 0.3) is 0 Å². The predicted molar refractivity (Wildman–Crippen MR) is 49.7 cm³/mol. The zero-order valence-corrected chi connectivity index (χ0v) is 8.56. The van der Waals surface area contributed by atoms with Gasteiger partial charge >= 0.3 is 0 Å². The van der Waals surface area contributed by atoms with Gasteiger partial charge in [0.2, 0.25) is 0 Å². The van der Waals surface area contributed by atoms with Crippen molar-refractivity contribution in [3.8, 4) is 0 Å². The molecule has 2 N–H and O–H groups in total. The van der Waals surface area contributed by atoms with Crippen molar-refractivity contribution < 1.29 is 19.0 Å². The van der Waals surface area contributed by atoms with E-state index >= 15 is 0 Å². The molecule has 1 rings (SSSR count). The Morgan fingerprint density at radius 2 is 2.13 bits per heavy atom. The standard InChI is InChI=1S/C9H14F2N2O2/c1-5(15)7(4-14)6-3-13(2)12-8(6)9(10)11/h3,5,7,9,14-15H,4H2,1-2H3. The number of aromatic nitrogens is 2. The maximum atomic E-state index is 12.6. The summed E-state index contributed by atoms with van der Waals surface area (Å²) in [5.41, 5.74) is -0.178. The number of rotatable bonds is 4. The molecular weight excluding hydrogens is 206 g/mol. The highest BCUT2D eigenvalue weighted by molar-refractivity contribution is 5.24. The van der Waals surface area contributed by atoms with Crippen LogP contribution >= 0.6 is 0 Å². The number of aliphatic hydroxyl groups is 2. The van der Waals surface area contributed by atoms with E-state index < -0.39 is 18.4 Å². The predicted octanol–water partition coefficient (Wildman–Crippen LogP) is 0.814. The zero-order valence-electron chi connectivity index (χ0n) is 8.56. The Kier molecular flexibility index (Phi) is 3.76. The van der Waals surface area contributed by atoms with Gasteiger partial charge in [0.05, 0.1) is 12.7 Å². The molecule has 0 bridgehead atoms. The molecule has 15 heavy (non-hydrogen) atoms. The van der Waals surface area contributed by atoms with Crippen molar-refractivity contribution >= 4 is 0 Å². The molecule has 0 radical (unpaired) electrons. The van der Waals surface area contributed by atoms with Gasteiger partial charge in [0.1, 0.15) is 5.69 Å². The summed E-state index contributed by atoms with van der Waals surface area (Å²) in [5.74, 6) is -0.720. The lowest BCUT2D eigenvalue weighted by atomic mass is 9.95. The van der Waals surface area contributed by atoms with Crippen LogP contribution in [0.1, 0.15) is 30.5 Å². The second kappa shape index (κ2) is 4.67. The summed E-state index contributed by atoms with van der Waals surface area (Å²) in [6.07, 6.45) is -2.19. The van der Waals surface area contributed by atoms with Crippen molar-refractivity contribution in [3.63, 3.8) is 0 Å². The van der Waals surface area contributed by atoms with Crippen molar-refractivity contribution in [1.82, 2.24) is 9.78 Å². The van der Waals surface area contributed by atoms with Gasteiger partial charge in [-0.25, -0.2) is 8.78 Å². The first-order valence-corrected chi connectivity index (χ1v) is 4.57. The molecule has 0 amide bonds. The number of aryl methyl sites for hydroxylation is 1. The lowest BCUT2D eigenvalue weighted by molar-refractivity contribution is 0.113. The summed E-state index contributed by atoms with van der Waals surface area (Å²) < 4.78 is 26.4. The molecule has 86 valence electrons. The molecule has 0 aliphatic carbocycles. The van der Waals surface area contributed by atoms with Gasteiger partial charge in [0, 0.05) is 24.7 Å². The quantitative estimate of drug-likeness (QED) is 0.789. The first kappa shape index (κ1) is 12.1. The minimum absolute atomic E-state index is 0.199. The number of aliphatic hydroxyl groups excluding tert-OH is 2. The molecule has 0 fully saturated rings. The lowest BCUT2D eigenvalue weighted by Crippen LogP contribution is -2.19. The minimum Gasteiger partial charge on any atom is -0.396 e. The van der Waals surface area contributed by atoms with E-state index in [0.717, 1.165) is 0 Å². The Morgan fingerprint density at radius 3 is 2.53 bits per heavy atom. The largest absolute Gasteiger partial charge is 0.396 e. The maximum Gasteiger partial charge on any atom is 0.282 e. The normalized spacial score (nSPS) is 15.7. The number of hydrogen-bond acceptors (Lipinski definition) is 3. The smallest absolute Gasteiger partial charge is 0.282 e. The Hall–Kier alpha value is -1.01. The van der Waals surface area contributed by atoms with E-state index in [-0.39, 0.29) is 17.9 Å². The first-order chi connectivity index (χ1) is 6.97. The molecular formula is C9H14F2N2O2. The molecule has 6 heteroatoms. The summed E-state index contributed by atoms with van der Waals surface area (Å²) in [5, 5.41) is 22.0. The van der Waals surface area contributed by atoms with Crippen LogP contribution in [0, 0.1) is 0 Å². The van der Waals surface area contributed by atoms with E-state index in [1.54, 1.807) is 0 Å². The van der Waals surface area contributed by atoms with Gasteiger partial charge in [0.15, 0.2) is 0 Å². The second-order valence-corrected chi connectivity index (χ2v) is 3.47. The maximum absolute atomic E-state index is 12.6. The third-order valence-electron chi connectivity index (χ3n) is 2.27. The Labute approximate surface area is 86.1 Å². The highest BCUT2D eigenvalue weighted by Crippen LogP contribution is 2.28. The van der Waals surface area contributed by atoms with Crippen LogP contribution in [0.15, 0.2) is 6.20 Å². The monoisotopic (exact) mass is 220 g/mol. The third kappa shape index (κ3) is 2.51. The highest BCUT2D eigenvalue weighted by atomic mass is 19.3. The van der Waals surface area contributed by atoms with E-state index in [4.69, 9.17) is 5.11 Å². The van der Waals surface area contributed by atoms with Gasteiger partial charge < -0.3 is 10.2 Å². The number of halogens is 2. The van der Waals surface area contributed by atoms with Crippen LogP contribution in [-0.2, 0) is 7.05 Å². The minimum atomic E-state index is -2.70. The molecule has 0 saturated heterocycles. The molecule has 4 nitrogen and oxygen atoms in total. The Balaban J connectivity index is 3.10. The molecule has 1 aromatic heterocycles. The van der Waals surface area contributed by atoms with Gasteiger partial charge in [0.25, 0.3) is 6.43 Å². The van der Waals surface area contributed by atoms with Crippen LogP contribution in [0.5, 0.6) is 0 Å². The lowest BCUT2D eigenvalue weighted by Gasteiger charge is -2.16. The van der Waals surface area contributed by atoms with Crippen molar-refractivity contribution in [2.24, 2.45) is 7.05 Å². The van der Waals surface area contributed by atoms with Gasteiger partial charge in [-0.1, -0.05) is 0 Å². The van der Waals surface area contributed by atoms with Crippen molar-refractivity contribution in [1.29, 1.82) is 0 Å². The molecule has 2 atom stereocenters. The summed E-state index contributed by atoms with van der Waals surface area (Å²) >= 11 is 0. The van der Waals surface area contributed by atoms with Crippen molar-refractivity contribution in [3.05, 3.63) is 17.5 Å². The molecule has 0 aromatic carbocycles. The molecule has 0 aliphatic heterocycles. The average Bonchev–Trinajstić information content (AvgIpc) is 2.48.